The Morgan fingerprint density at radius 2 is 1.59 bits per heavy atom. The van der Waals surface area contributed by atoms with Gasteiger partial charge in [-0.15, -0.1) is 34.5 Å². The third kappa shape index (κ3) is 5.86. The Balaban J connectivity index is 2.70. The van der Waals surface area contributed by atoms with Crippen LogP contribution in [0.25, 0.3) is 10.1 Å². The van der Waals surface area contributed by atoms with Gasteiger partial charge >= 0.3 is 6.09 Å². The smallest absolute Gasteiger partial charge is 0.421 e. The Hall–Kier alpha value is -1.56. The first-order valence-corrected chi connectivity index (χ1v) is 12.8. The highest BCUT2D eigenvalue weighted by Gasteiger charge is 2.33. The SMILES string of the molecule is CCc1c(S(=O)(=O)NC(=O)OC(C)(C)C)sc2c(F)c(OCCCl)c(OCCCl)c(F)c12. The topological polar surface area (TPSA) is 90.9 Å². The van der Waals surface area contributed by atoms with E-state index in [-0.39, 0.29) is 47.0 Å². The second-order valence-corrected chi connectivity index (χ2v) is 11.0. The summed E-state index contributed by atoms with van der Waals surface area (Å²) in [5.74, 6) is -3.07. The molecule has 0 fully saturated rings. The summed E-state index contributed by atoms with van der Waals surface area (Å²) in [6, 6.07) is 0. The number of alkyl halides is 2. The summed E-state index contributed by atoms with van der Waals surface area (Å²) in [7, 11) is -4.49. The number of hydrogen-bond acceptors (Lipinski definition) is 7. The fourth-order valence-corrected chi connectivity index (χ4v) is 5.72. The fraction of sp³-hybridized carbons (Fsp3) is 0.526. The normalized spacial score (nSPS) is 12.1. The van der Waals surface area contributed by atoms with Crippen LogP contribution in [-0.4, -0.2) is 45.1 Å². The molecule has 1 aromatic carbocycles. The van der Waals surface area contributed by atoms with Crippen molar-refractivity contribution in [3.63, 3.8) is 0 Å². The number of aryl methyl sites for hydroxylation is 1. The van der Waals surface area contributed by atoms with E-state index in [4.69, 9.17) is 37.4 Å². The number of rotatable bonds is 9. The van der Waals surface area contributed by atoms with Crippen LogP contribution in [0.15, 0.2) is 4.21 Å². The van der Waals surface area contributed by atoms with Gasteiger partial charge in [0.25, 0.3) is 10.0 Å². The predicted octanol–water partition coefficient (Wildman–Crippen LogP) is 5.19. The van der Waals surface area contributed by atoms with E-state index in [0.717, 1.165) is 0 Å². The van der Waals surface area contributed by atoms with Crippen molar-refractivity contribution in [1.82, 2.24) is 4.72 Å². The summed E-state index contributed by atoms with van der Waals surface area (Å²) >= 11 is 11.7. The minimum atomic E-state index is -4.49. The number of sulfonamides is 1. The Labute approximate surface area is 199 Å². The zero-order chi connectivity index (χ0) is 24.3. The number of nitrogens with one attached hydrogen (secondary N) is 1. The lowest BCUT2D eigenvalue weighted by Crippen LogP contribution is -2.36. The van der Waals surface area contributed by atoms with Gasteiger partial charge in [0.1, 0.15) is 23.0 Å². The Morgan fingerprint density at radius 3 is 2.06 bits per heavy atom. The van der Waals surface area contributed by atoms with Crippen molar-refractivity contribution in [3.8, 4) is 11.5 Å². The maximum Gasteiger partial charge on any atom is 0.421 e. The van der Waals surface area contributed by atoms with Crippen LogP contribution in [0.4, 0.5) is 13.6 Å². The van der Waals surface area contributed by atoms with E-state index in [1.807, 2.05) is 0 Å². The van der Waals surface area contributed by atoms with Crippen LogP contribution >= 0.6 is 34.5 Å². The molecule has 180 valence electrons. The highest BCUT2D eigenvalue weighted by molar-refractivity contribution is 7.92. The molecule has 7 nitrogen and oxygen atoms in total. The lowest BCUT2D eigenvalue weighted by molar-refractivity contribution is 0.0570. The Kier molecular flexibility index (Phi) is 8.82. The van der Waals surface area contributed by atoms with E-state index in [1.54, 1.807) is 32.4 Å². The zero-order valence-electron chi connectivity index (χ0n) is 17.8. The van der Waals surface area contributed by atoms with Gasteiger partial charge in [-0.2, -0.15) is 0 Å². The first-order chi connectivity index (χ1) is 14.9. The average molecular weight is 534 g/mol. The van der Waals surface area contributed by atoms with Crippen LogP contribution in [0.1, 0.15) is 33.3 Å². The first-order valence-electron chi connectivity index (χ1n) is 9.47. The maximum atomic E-state index is 15.4. The van der Waals surface area contributed by atoms with Crippen molar-refractivity contribution >= 4 is 60.7 Å². The maximum absolute atomic E-state index is 15.4. The summed E-state index contributed by atoms with van der Waals surface area (Å²) in [5.41, 5.74) is -0.966. The second kappa shape index (κ2) is 10.6. The molecule has 0 saturated heterocycles. The molecule has 1 amide bonds. The minimum absolute atomic E-state index is 0.00185. The van der Waals surface area contributed by atoms with Gasteiger partial charge in [0.15, 0.2) is 11.6 Å². The molecule has 0 unspecified atom stereocenters. The largest absolute Gasteiger partial charge is 0.486 e. The van der Waals surface area contributed by atoms with Crippen LogP contribution < -0.4 is 14.2 Å². The van der Waals surface area contributed by atoms with E-state index in [0.29, 0.717) is 11.3 Å². The first kappa shape index (κ1) is 26.7. The van der Waals surface area contributed by atoms with Crippen molar-refractivity contribution in [1.29, 1.82) is 0 Å². The molecule has 32 heavy (non-hydrogen) atoms. The summed E-state index contributed by atoms with van der Waals surface area (Å²) in [4.78, 5) is 12.0. The van der Waals surface area contributed by atoms with Gasteiger partial charge in [0, 0.05) is 5.39 Å². The zero-order valence-corrected chi connectivity index (χ0v) is 21.0. The van der Waals surface area contributed by atoms with Crippen LogP contribution in [0.5, 0.6) is 11.5 Å². The van der Waals surface area contributed by atoms with Crippen LogP contribution in [-0.2, 0) is 21.2 Å². The van der Waals surface area contributed by atoms with Gasteiger partial charge in [0.05, 0.1) is 16.5 Å². The highest BCUT2D eigenvalue weighted by atomic mass is 35.5. The lowest BCUT2D eigenvalue weighted by Gasteiger charge is -2.19. The van der Waals surface area contributed by atoms with Crippen molar-refractivity contribution in [2.75, 3.05) is 25.0 Å². The number of ether oxygens (including phenoxy) is 3. The number of benzene rings is 1. The number of carbonyl (C=O) groups excluding carboxylic acids is 1. The molecule has 0 radical (unpaired) electrons. The van der Waals surface area contributed by atoms with Gasteiger partial charge in [-0.25, -0.2) is 26.7 Å². The van der Waals surface area contributed by atoms with Gasteiger partial charge in [-0.05, 0) is 32.8 Å². The van der Waals surface area contributed by atoms with Crippen LogP contribution in [0.2, 0.25) is 0 Å². The molecule has 0 spiro atoms. The summed E-state index contributed by atoms with van der Waals surface area (Å²) in [5, 5.41) is -0.276. The third-order valence-corrected chi connectivity index (χ3v) is 7.26. The number of carbonyl (C=O) groups is 1. The Morgan fingerprint density at radius 1 is 1.06 bits per heavy atom. The molecular formula is C19H23Cl2F2NO6S2. The molecule has 13 heteroatoms. The number of fused-ring (bicyclic) bond motifs is 1. The minimum Gasteiger partial charge on any atom is -0.486 e. The average Bonchev–Trinajstić information content (AvgIpc) is 3.08. The molecule has 0 atom stereocenters. The van der Waals surface area contributed by atoms with Crippen LogP contribution in [0, 0.1) is 11.6 Å². The van der Waals surface area contributed by atoms with Crippen molar-refractivity contribution in [3.05, 3.63) is 17.2 Å². The van der Waals surface area contributed by atoms with E-state index < -0.39 is 49.1 Å². The van der Waals surface area contributed by atoms with E-state index in [2.05, 4.69) is 0 Å². The molecule has 0 aliphatic carbocycles. The molecule has 2 aromatic rings. The molecule has 1 heterocycles. The van der Waals surface area contributed by atoms with Crippen LogP contribution in [0.3, 0.4) is 0 Å². The molecule has 0 aliphatic rings. The van der Waals surface area contributed by atoms with Gasteiger partial charge in [0.2, 0.25) is 11.5 Å². The van der Waals surface area contributed by atoms with Gasteiger partial charge in [-0.1, -0.05) is 6.92 Å². The third-order valence-electron chi connectivity index (χ3n) is 3.86. The van der Waals surface area contributed by atoms with E-state index >= 15 is 8.78 Å². The standard InChI is InChI=1S/C19H23Cl2F2NO6S2/c1-5-10-11-12(22)14(28-8-6-20)15(29-9-7-21)13(23)16(11)31-17(10)32(26,27)24-18(25)30-19(2,3)4/h5-9H2,1-4H3,(H,24,25). The highest BCUT2D eigenvalue weighted by Crippen LogP contribution is 2.46. The van der Waals surface area contributed by atoms with Gasteiger partial charge < -0.3 is 14.2 Å². The monoisotopic (exact) mass is 533 g/mol. The molecule has 1 aromatic heterocycles. The molecule has 0 saturated carbocycles. The van der Waals surface area contributed by atoms with E-state index in [9.17, 15) is 13.2 Å². The number of halogens is 4. The van der Waals surface area contributed by atoms with E-state index in [1.165, 1.54) is 0 Å². The molecule has 1 N–H and O–H groups in total. The number of hydrogen-bond donors (Lipinski definition) is 1. The fourth-order valence-electron chi connectivity index (χ4n) is 2.78. The molecule has 0 bridgehead atoms. The Bertz CT molecular complexity index is 1100. The van der Waals surface area contributed by atoms with Gasteiger partial charge in [-0.3, -0.25) is 0 Å². The second-order valence-electron chi connectivity index (χ2n) is 7.39. The van der Waals surface area contributed by atoms with Crippen molar-refractivity contribution < 1.29 is 36.2 Å². The number of thiophene rings is 1. The van der Waals surface area contributed by atoms with Crippen molar-refractivity contribution in [2.24, 2.45) is 0 Å². The molecule has 2 rings (SSSR count). The molecule has 0 aliphatic heterocycles. The van der Waals surface area contributed by atoms with Crippen molar-refractivity contribution in [2.45, 2.75) is 43.9 Å². The predicted molar refractivity (Wildman–Crippen MR) is 120 cm³/mol. The lowest BCUT2D eigenvalue weighted by atomic mass is 10.1. The number of amides is 1. The molecular weight excluding hydrogens is 511 g/mol. The quantitative estimate of drug-likeness (QED) is 0.446. The summed E-state index contributed by atoms with van der Waals surface area (Å²) in [6.45, 7) is 5.97. The summed E-state index contributed by atoms with van der Waals surface area (Å²) < 4.78 is 73.1. The summed E-state index contributed by atoms with van der Waals surface area (Å²) in [6.07, 6.45) is -1.19.